The Morgan fingerprint density at radius 3 is 2.54 bits per heavy atom. The first-order valence-corrected chi connectivity index (χ1v) is 3.99. The largest absolute Gasteiger partial charge is 0.452 e. The van der Waals surface area contributed by atoms with Crippen LogP contribution in [0, 0.1) is 6.92 Å². The van der Waals surface area contributed by atoms with Crippen molar-refractivity contribution in [3.8, 4) is 0 Å². The predicted molar refractivity (Wildman–Crippen MR) is 51.6 cm³/mol. The number of carbonyl (C=O) groups is 1. The zero-order chi connectivity index (χ0) is 9.68. The van der Waals surface area contributed by atoms with Crippen molar-refractivity contribution in [2.75, 3.05) is 18.6 Å². The number of benzene rings is 1. The Kier molecular flexibility index (Phi) is 3.31. The first-order valence-electron chi connectivity index (χ1n) is 3.99. The van der Waals surface area contributed by atoms with Gasteiger partial charge in [0.1, 0.15) is 0 Å². The number of nitrogens with zero attached hydrogens (tertiary/aromatic N) is 1. The van der Waals surface area contributed by atoms with Crippen LogP contribution in [0.25, 0.3) is 0 Å². The lowest BCUT2D eigenvalue weighted by Crippen LogP contribution is -2.30. The van der Waals surface area contributed by atoms with Crippen LogP contribution >= 0.6 is 0 Å². The molecule has 13 heavy (non-hydrogen) atoms. The van der Waals surface area contributed by atoms with Gasteiger partial charge in [-0.1, -0.05) is 18.2 Å². The third-order valence-electron chi connectivity index (χ3n) is 1.69. The minimum absolute atomic E-state index is 0.358. The molecule has 0 aliphatic heterocycles. The van der Waals surface area contributed by atoms with Crippen LogP contribution in [0.15, 0.2) is 30.3 Å². The van der Waals surface area contributed by atoms with Crippen LogP contribution in [-0.4, -0.2) is 19.7 Å². The van der Waals surface area contributed by atoms with E-state index in [1.807, 2.05) is 30.3 Å². The number of ether oxygens (including phenoxy) is 1. The Bertz CT molecular complexity index is 272. The minimum atomic E-state index is -0.388. The summed E-state index contributed by atoms with van der Waals surface area (Å²) in [5.41, 5.74) is 0.796. The van der Waals surface area contributed by atoms with E-state index >= 15 is 0 Å². The summed E-state index contributed by atoms with van der Waals surface area (Å²) in [6.07, 6.45) is -0.388. The monoisotopic (exact) mass is 178 g/mol. The lowest BCUT2D eigenvalue weighted by molar-refractivity contribution is 0.179. The topological polar surface area (TPSA) is 29.5 Å². The van der Waals surface area contributed by atoms with Gasteiger partial charge in [-0.15, -0.1) is 0 Å². The third-order valence-corrected chi connectivity index (χ3v) is 1.69. The average Bonchev–Trinajstić information content (AvgIpc) is 2.20. The van der Waals surface area contributed by atoms with E-state index in [1.54, 1.807) is 0 Å². The van der Waals surface area contributed by atoms with Crippen LogP contribution in [-0.2, 0) is 4.74 Å². The van der Waals surface area contributed by atoms with Crippen LogP contribution in [0.1, 0.15) is 0 Å². The molecule has 0 atom stereocenters. The van der Waals surface area contributed by atoms with E-state index in [9.17, 15) is 4.79 Å². The van der Waals surface area contributed by atoms with E-state index in [2.05, 4.69) is 11.7 Å². The molecule has 3 nitrogen and oxygen atoms in total. The van der Waals surface area contributed by atoms with E-state index < -0.39 is 0 Å². The highest BCUT2D eigenvalue weighted by Crippen LogP contribution is 2.13. The van der Waals surface area contributed by atoms with Crippen molar-refractivity contribution in [1.29, 1.82) is 0 Å². The minimum Gasteiger partial charge on any atom is -0.452 e. The van der Waals surface area contributed by atoms with Gasteiger partial charge in [0, 0.05) is 12.2 Å². The first kappa shape index (κ1) is 9.58. The number of methoxy groups -OCH3 is 1. The second-order valence-electron chi connectivity index (χ2n) is 2.46. The van der Waals surface area contributed by atoms with Crippen molar-refractivity contribution in [1.82, 2.24) is 0 Å². The first-order chi connectivity index (χ1) is 6.29. The van der Waals surface area contributed by atoms with Crippen molar-refractivity contribution in [2.24, 2.45) is 0 Å². The number of hydrogen-bond acceptors (Lipinski definition) is 2. The van der Waals surface area contributed by atoms with E-state index in [-0.39, 0.29) is 6.09 Å². The number of anilines is 1. The molecule has 0 bridgehead atoms. The molecule has 1 aromatic rings. The summed E-state index contributed by atoms with van der Waals surface area (Å²) in [5, 5.41) is 0. The van der Waals surface area contributed by atoms with Crippen molar-refractivity contribution >= 4 is 11.8 Å². The molecule has 0 spiro atoms. The highest BCUT2D eigenvalue weighted by atomic mass is 16.5. The Morgan fingerprint density at radius 1 is 1.46 bits per heavy atom. The highest BCUT2D eigenvalue weighted by molar-refractivity contribution is 5.87. The van der Waals surface area contributed by atoms with E-state index in [0.717, 1.165) is 5.69 Å². The van der Waals surface area contributed by atoms with Crippen LogP contribution in [0.3, 0.4) is 0 Å². The van der Waals surface area contributed by atoms with Gasteiger partial charge in [0.15, 0.2) is 0 Å². The predicted octanol–water partition coefficient (Wildman–Crippen LogP) is 2.09. The van der Waals surface area contributed by atoms with Crippen molar-refractivity contribution < 1.29 is 9.53 Å². The van der Waals surface area contributed by atoms with Crippen molar-refractivity contribution in [3.05, 3.63) is 37.3 Å². The fourth-order valence-corrected chi connectivity index (χ4v) is 1.04. The standard InChI is InChI=1S/C10H12NO2/c1-3-11(10(12)13-2)9-7-5-4-6-8-9/h4-8H,1,3H2,2H3. The van der Waals surface area contributed by atoms with Gasteiger partial charge in [-0.3, -0.25) is 4.90 Å². The summed E-state index contributed by atoms with van der Waals surface area (Å²) in [4.78, 5) is 12.7. The number of amides is 1. The zero-order valence-corrected chi connectivity index (χ0v) is 7.56. The zero-order valence-electron chi connectivity index (χ0n) is 7.56. The van der Waals surface area contributed by atoms with Gasteiger partial charge in [0.2, 0.25) is 0 Å². The molecule has 0 aliphatic carbocycles. The van der Waals surface area contributed by atoms with Crippen LogP contribution in [0.5, 0.6) is 0 Å². The smallest absolute Gasteiger partial charge is 0.413 e. The molecule has 1 radical (unpaired) electrons. The fourth-order valence-electron chi connectivity index (χ4n) is 1.04. The molecular weight excluding hydrogens is 166 g/mol. The average molecular weight is 178 g/mol. The Labute approximate surface area is 77.9 Å². The SMILES string of the molecule is [CH2]CN(C(=O)OC)c1ccccc1. The molecule has 1 amide bonds. The molecule has 1 rings (SSSR count). The summed E-state index contributed by atoms with van der Waals surface area (Å²) in [5.74, 6) is 0. The number of rotatable bonds is 2. The molecule has 0 heterocycles. The molecule has 0 N–H and O–H groups in total. The number of para-hydroxylation sites is 1. The normalized spacial score (nSPS) is 9.38. The molecule has 3 heteroatoms. The highest BCUT2D eigenvalue weighted by Gasteiger charge is 2.12. The van der Waals surface area contributed by atoms with Gasteiger partial charge in [-0.2, -0.15) is 0 Å². The molecule has 0 aliphatic rings. The van der Waals surface area contributed by atoms with Gasteiger partial charge in [-0.05, 0) is 19.1 Å². The van der Waals surface area contributed by atoms with E-state index in [1.165, 1.54) is 12.0 Å². The van der Waals surface area contributed by atoms with Crippen LogP contribution in [0.4, 0.5) is 10.5 Å². The number of carbonyl (C=O) groups excluding carboxylic acids is 1. The molecule has 69 valence electrons. The Morgan fingerprint density at radius 2 is 2.08 bits per heavy atom. The lowest BCUT2D eigenvalue weighted by atomic mass is 10.3. The summed E-state index contributed by atoms with van der Waals surface area (Å²) in [6.45, 7) is 4.01. The molecule has 0 saturated carbocycles. The lowest BCUT2D eigenvalue weighted by Gasteiger charge is -2.18. The molecule has 0 saturated heterocycles. The Balaban J connectivity index is 2.85. The summed E-state index contributed by atoms with van der Waals surface area (Å²) in [7, 11) is 1.36. The van der Waals surface area contributed by atoms with Crippen LogP contribution < -0.4 is 4.90 Å². The molecular formula is C10H12NO2. The van der Waals surface area contributed by atoms with E-state index in [0.29, 0.717) is 6.54 Å². The van der Waals surface area contributed by atoms with Crippen molar-refractivity contribution in [2.45, 2.75) is 0 Å². The summed E-state index contributed by atoms with van der Waals surface area (Å²) < 4.78 is 4.60. The van der Waals surface area contributed by atoms with Gasteiger partial charge in [0.05, 0.1) is 7.11 Å². The van der Waals surface area contributed by atoms with Gasteiger partial charge in [-0.25, -0.2) is 4.79 Å². The molecule has 0 fully saturated rings. The summed E-state index contributed by atoms with van der Waals surface area (Å²) in [6, 6.07) is 9.29. The number of hydrogen-bond donors (Lipinski definition) is 0. The Hall–Kier alpha value is -1.51. The molecule has 0 unspecified atom stereocenters. The fraction of sp³-hybridized carbons (Fsp3) is 0.200. The summed E-state index contributed by atoms with van der Waals surface area (Å²) >= 11 is 0. The van der Waals surface area contributed by atoms with E-state index in [4.69, 9.17) is 0 Å². The quantitative estimate of drug-likeness (QED) is 0.694. The molecule has 0 aromatic heterocycles. The van der Waals surface area contributed by atoms with Gasteiger partial charge >= 0.3 is 6.09 Å². The van der Waals surface area contributed by atoms with Crippen molar-refractivity contribution in [3.63, 3.8) is 0 Å². The van der Waals surface area contributed by atoms with Crippen LogP contribution in [0.2, 0.25) is 0 Å². The second-order valence-corrected chi connectivity index (χ2v) is 2.46. The van der Waals surface area contributed by atoms with Gasteiger partial charge < -0.3 is 4.74 Å². The third kappa shape index (κ3) is 2.21. The second kappa shape index (κ2) is 4.50. The van der Waals surface area contributed by atoms with Gasteiger partial charge in [0.25, 0.3) is 0 Å². The maximum absolute atomic E-state index is 11.2. The maximum atomic E-state index is 11.2. The molecule has 1 aromatic carbocycles. The maximum Gasteiger partial charge on any atom is 0.413 e.